The molecular formula is C13H13FN4O. The lowest BCUT2D eigenvalue weighted by Gasteiger charge is -2.27. The van der Waals surface area contributed by atoms with Crippen molar-refractivity contribution in [1.29, 1.82) is 0 Å². The third-order valence-electron chi connectivity index (χ3n) is 3.30. The van der Waals surface area contributed by atoms with Gasteiger partial charge >= 0.3 is 0 Å². The molecule has 2 aromatic rings. The number of rotatable bonds is 1. The van der Waals surface area contributed by atoms with Gasteiger partial charge in [-0.2, -0.15) is 0 Å². The van der Waals surface area contributed by atoms with Gasteiger partial charge in [0.05, 0.1) is 6.54 Å². The highest BCUT2D eigenvalue weighted by Gasteiger charge is 2.24. The Kier molecular flexibility index (Phi) is 2.77. The van der Waals surface area contributed by atoms with Gasteiger partial charge in [-0.15, -0.1) is 10.2 Å². The molecule has 0 N–H and O–H groups in total. The van der Waals surface area contributed by atoms with E-state index in [2.05, 4.69) is 10.2 Å². The van der Waals surface area contributed by atoms with E-state index >= 15 is 0 Å². The molecule has 1 aromatic heterocycles. The van der Waals surface area contributed by atoms with E-state index < -0.39 is 5.82 Å². The summed E-state index contributed by atoms with van der Waals surface area (Å²) in [4.78, 5) is 13.9. The van der Waals surface area contributed by atoms with Crippen LogP contribution in [0.5, 0.6) is 0 Å². The SMILES string of the molecule is Cc1nnc2n1CCN(C(=O)c1cccc(F)c1)C2. The first kappa shape index (κ1) is 11.8. The van der Waals surface area contributed by atoms with Gasteiger partial charge in [0, 0.05) is 18.7 Å². The first-order valence-electron chi connectivity index (χ1n) is 6.08. The molecule has 3 rings (SSSR count). The number of fused-ring (bicyclic) bond motifs is 1. The first-order chi connectivity index (χ1) is 9.15. The van der Waals surface area contributed by atoms with Crippen LogP contribution in [0.1, 0.15) is 22.0 Å². The Balaban J connectivity index is 1.83. The molecule has 0 aliphatic carbocycles. The smallest absolute Gasteiger partial charge is 0.254 e. The fourth-order valence-electron chi connectivity index (χ4n) is 2.28. The highest BCUT2D eigenvalue weighted by molar-refractivity contribution is 5.94. The lowest BCUT2D eigenvalue weighted by atomic mass is 10.2. The van der Waals surface area contributed by atoms with Crippen LogP contribution in [0.3, 0.4) is 0 Å². The van der Waals surface area contributed by atoms with Crippen molar-refractivity contribution in [3.63, 3.8) is 0 Å². The maximum absolute atomic E-state index is 13.1. The highest BCUT2D eigenvalue weighted by Crippen LogP contribution is 2.15. The van der Waals surface area contributed by atoms with Crippen LogP contribution < -0.4 is 0 Å². The van der Waals surface area contributed by atoms with Gasteiger partial charge in [0.25, 0.3) is 5.91 Å². The second-order valence-corrected chi connectivity index (χ2v) is 4.55. The molecule has 0 unspecified atom stereocenters. The van der Waals surface area contributed by atoms with Crippen LogP contribution in [0, 0.1) is 12.7 Å². The van der Waals surface area contributed by atoms with E-state index in [1.807, 2.05) is 11.5 Å². The Morgan fingerprint density at radius 1 is 1.32 bits per heavy atom. The minimum absolute atomic E-state index is 0.175. The topological polar surface area (TPSA) is 51.0 Å². The molecule has 1 aliphatic rings. The van der Waals surface area contributed by atoms with E-state index in [1.54, 1.807) is 17.0 Å². The van der Waals surface area contributed by atoms with Crippen molar-refractivity contribution in [1.82, 2.24) is 19.7 Å². The normalized spacial score (nSPS) is 14.3. The summed E-state index contributed by atoms with van der Waals surface area (Å²) in [5.74, 6) is 1.05. The molecule has 1 aliphatic heterocycles. The van der Waals surface area contributed by atoms with Gasteiger partial charge in [0.1, 0.15) is 11.6 Å². The number of aromatic nitrogens is 3. The number of halogens is 1. The molecule has 0 atom stereocenters. The molecule has 0 radical (unpaired) electrons. The Morgan fingerprint density at radius 2 is 2.16 bits per heavy atom. The van der Waals surface area contributed by atoms with E-state index in [-0.39, 0.29) is 5.91 Å². The molecule has 0 bridgehead atoms. The number of benzene rings is 1. The molecular weight excluding hydrogens is 247 g/mol. The Bertz CT molecular complexity index is 637. The summed E-state index contributed by atoms with van der Waals surface area (Å²) in [6.45, 7) is 3.56. The molecule has 0 saturated carbocycles. The van der Waals surface area contributed by atoms with E-state index in [1.165, 1.54) is 12.1 Å². The largest absolute Gasteiger partial charge is 0.329 e. The van der Waals surface area contributed by atoms with Crippen molar-refractivity contribution in [2.45, 2.75) is 20.0 Å². The minimum atomic E-state index is -0.401. The predicted octanol–water partition coefficient (Wildman–Crippen LogP) is 1.38. The van der Waals surface area contributed by atoms with Gasteiger partial charge in [0.2, 0.25) is 0 Å². The number of hydrogen-bond donors (Lipinski definition) is 0. The summed E-state index contributed by atoms with van der Waals surface area (Å²) in [7, 11) is 0. The van der Waals surface area contributed by atoms with E-state index in [0.29, 0.717) is 25.2 Å². The second-order valence-electron chi connectivity index (χ2n) is 4.55. The van der Waals surface area contributed by atoms with E-state index in [9.17, 15) is 9.18 Å². The number of amides is 1. The van der Waals surface area contributed by atoms with Crippen LogP contribution in [0.15, 0.2) is 24.3 Å². The van der Waals surface area contributed by atoms with E-state index in [0.717, 1.165) is 11.6 Å². The second kappa shape index (κ2) is 4.46. The maximum atomic E-state index is 13.1. The highest BCUT2D eigenvalue weighted by atomic mass is 19.1. The molecule has 0 spiro atoms. The standard InChI is InChI=1S/C13H13FN4O/c1-9-15-16-12-8-17(5-6-18(9)12)13(19)10-3-2-4-11(14)7-10/h2-4,7H,5-6,8H2,1H3. The van der Waals surface area contributed by atoms with Crippen LogP contribution in [-0.2, 0) is 13.1 Å². The minimum Gasteiger partial charge on any atom is -0.329 e. The summed E-state index contributed by atoms with van der Waals surface area (Å²) in [5, 5.41) is 8.04. The van der Waals surface area contributed by atoms with E-state index in [4.69, 9.17) is 0 Å². The summed E-state index contributed by atoms with van der Waals surface area (Å²) in [5.41, 5.74) is 0.365. The third kappa shape index (κ3) is 2.09. The van der Waals surface area contributed by atoms with Gasteiger partial charge < -0.3 is 9.47 Å². The number of nitrogens with zero attached hydrogens (tertiary/aromatic N) is 4. The van der Waals surface area contributed by atoms with Crippen molar-refractivity contribution in [2.75, 3.05) is 6.54 Å². The molecule has 0 fully saturated rings. The number of carbonyl (C=O) groups excluding carboxylic acids is 1. The third-order valence-corrected chi connectivity index (χ3v) is 3.30. The zero-order chi connectivity index (χ0) is 13.4. The lowest BCUT2D eigenvalue weighted by molar-refractivity contribution is 0.0706. The Labute approximate surface area is 109 Å². The summed E-state index contributed by atoms with van der Waals surface area (Å²) in [6, 6.07) is 5.75. The Hall–Kier alpha value is -2.24. The molecule has 6 heteroatoms. The van der Waals surface area contributed by atoms with Crippen molar-refractivity contribution in [2.24, 2.45) is 0 Å². The summed E-state index contributed by atoms with van der Waals surface area (Å²) in [6.07, 6.45) is 0. The van der Waals surface area contributed by atoms with Gasteiger partial charge in [-0.1, -0.05) is 6.07 Å². The van der Waals surface area contributed by atoms with Crippen LogP contribution in [0.4, 0.5) is 4.39 Å². The molecule has 98 valence electrons. The predicted molar refractivity (Wildman–Crippen MR) is 65.9 cm³/mol. The molecule has 19 heavy (non-hydrogen) atoms. The van der Waals surface area contributed by atoms with Gasteiger partial charge in [0.15, 0.2) is 5.82 Å². The van der Waals surface area contributed by atoms with Crippen LogP contribution in [0.2, 0.25) is 0 Å². The molecule has 5 nitrogen and oxygen atoms in total. The number of carbonyl (C=O) groups is 1. The summed E-state index contributed by atoms with van der Waals surface area (Å²) < 4.78 is 15.1. The van der Waals surface area contributed by atoms with Crippen molar-refractivity contribution in [3.05, 3.63) is 47.3 Å². The van der Waals surface area contributed by atoms with Crippen molar-refractivity contribution >= 4 is 5.91 Å². The molecule has 2 heterocycles. The Morgan fingerprint density at radius 3 is 2.95 bits per heavy atom. The van der Waals surface area contributed by atoms with Crippen molar-refractivity contribution in [3.8, 4) is 0 Å². The zero-order valence-corrected chi connectivity index (χ0v) is 10.5. The van der Waals surface area contributed by atoms with Crippen LogP contribution in [0.25, 0.3) is 0 Å². The fourth-order valence-corrected chi connectivity index (χ4v) is 2.28. The lowest BCUT2D eigenvalue weighted by Crippen LogP contribution is -2.38. The van der Waals surface area contributed by atoms with Gasteiger partial charge in [-0.3, -0.25) is 4.79 Å². The van der Waals surface area contributed by atoms with Crippen LogP contribution in [-0.4, -0.2) is 32.1 Å². The summed E-state index contributed by atoms with van der Waals surface area (Å²) >= 11 is 0. The molecule has 1 amide bonds. The van der Waals surface area contributed by atoms with Gasteiger partial charge in [-0.25, -0.2) is 4.39 Å². The average Bonchev–Trinajstić information content (AvgIpc) is 2.79. The number of hydrogen-bond acceptors (Lipinski definition) is 3. The fraction of sp³-hybridized carbons (Fsp3) is 0.308. The quantitative estimate of drug-likeness (QED) is 0.778. The van der Waals surface area contributed by atoms with Crippen LogP contribution >= 0.6 is 0 Å². The first-order valence-corrected chi connectivity index (χ1v) is 6.08. The number of aryl methyl sites for hydroxylation is 1. The molecule has 0 saturated heterocycles. The monoisotopic (exact) mass is 260 g/mol. The van der Waals surface area contributed by atoms with Crippen molar-refractivity contribution < 1.29 is 9.18 Å². The average molecular weight is 260 g/mol. The maximum Gasteiger partial charge on any atom is 0.254 e. The van der Waals surface area contributed by atoms with Gasteiger partial charge in [-0.05, 0) is 25.1 Å². The zero-order valence-electron chi connectivity index (χ0n) is 10.5. The molecule has 1 aromatic carbocycles.